The summed E-state index contributed by atoms with van der Waals surface area (Å²) in [6, 6.07) is 18.8. The lowest BCUT2D eigenvalue weighted by atomic mass is 9.69. The number of aromatic amines is 1. The molecule has 0 amide bonds. The molecule has 3 heterocycles. The number of halogens is 1. The predicted octanol–water partition coefficient (Wildman–Crippen LogP) is 3.37. The second-order valence-corrected chi connectivity index (χ2v) is 8.19. The topological polar surface area (TPSA) is 129 Å². The number of ether oxygens (including phenoxy) is 1. The van der Waals surface area contributed by atoms with E-state index in [1.54, 1.807) is 30.3 Å². The Balaban J connectivity index is 1.87. The lowest BCUT2D eigenvalue weighted by Gasteiger charge is -2.45. The summed E-state index contributed by atoms with van der Waals surface area (Å²) in [5.41, 5.74) is 6.71. The van der Waals surface area contributed by atoms with Gasteiger partial charge in [0.1, 0.15) is 17.7 Å². The maximum absolute atomic E-state index is 11.8. The molecular formula is C22H15BrN5O2+. The Morgan fingerprint density at radius 3 is 2.67 bits per heavy atom. The van der Waals surface area contributed by atoms with Gasteiger partial charge in [0.2, 0.25) is 0 Å². The van der Waals surface area contributed by atoms with Crippen LogP contribution in [0.1, 0.15) is 28.2 Å². The third-order valence-corrected chi connectivity index (χ3v) is 6.17. The van der Waals surface area contributed by atoms with Gasteiger partial charge in [-0.1, -0.05) is 46.3 Å². The molecule has 3 atom stereocenters. The largest absolute Gasteiger partial charge is 0.423 e. The zero-order chi connectivity index (χ0) is 21.0. The Hall–Kier alpha value is -3.59. The lowest BCUT2D eigenvalue weighted by molar-refractivity contribution is -0.375. The molecule has 2 aliphatic heterocycles. The number of nitriles is 2. The fourth-order valence-corrected chi connectivity index (χ4v) is 4.73. The Bertz CT molecular complexity index is 1280. The summed E-state index contributed by atoms with van der Waals surface area (Å²) in [5.74, 6) is -0.448. The van der Waals surface area contributed by atoms with E-state index in [9.17, 15) is 15.6 Å². The fourth-order valence-electron chi connectivity index (χ4n) is 4.35. The molecule has 5 N–H and O–H groups in total. The Morgan fingerprint density at radius 1 is 1.20 bits per heavy atom. The SMILES string of the molecule is N#Cc1c(N)[nH+]c2c3c1N[C@@](O)(c1ccccc1)[C@H](C#N)[C@@H]3c1cc(Br)ccc1O2. The fraction of sp³-hybridized carbons (Fsp3) is 0.136. The van der Waals surface area contributed by atoms with Gasteiger partial charge in [-0.25, -0.2) is 4.98 Å². The summed E-state index contributed by atoms with van der Waals surface area (Å²) >= 11 is 3.48. The Labute approximate surface area is 180 Å². The molecule has 5 rings (SSSR count). The smallest absolute Gasteiger partial charge is 0.293 e. The first-order chi connectivity index (χ1) is 14.5. The van der Waals surface area contributed by atoms with Gasteiger partial charge >= 0.3 is 0 Å². The van der Waals surface area contributed by atoms with E-state index in [0.29, 0.717) is 28.4 Å². The second kappa shape index (κ2) is 6.46. The standard InChI is InChI=1S/C22H14BrN5O2/c23-12-6-7-16-13(8-12)17-15(10-25)22(29,11-4-2-1-3-5-11)28-19-14(9-24)20(26)27-21(30-16)18(17)19/h1-8,15,17,28-29H,(H2,26,27)/p+1/t15-,17+,22-/m1/s1. The van der Waals surface area contributed by atoms with Crippen LogP contribution in [0.5, 0.6) is 11.6 Å². The van der Waals surface area contributed by atoms with E-state index in [1.165, 1.54) is 0 Å². The molecule has 0 spiro atoms. The molecule has 0 unspecified atom stereocenters. The van der Waals surface area contributed by atoms with Crippen molar-refractivity contribution >= 4 is 27.4 Å². The minimum absolute atomic E-state index is 0.115. The molecule has 7 nitrogen and oxygen atoms in total. The predicted molar refractivity (Wildman–Crippen MR) is 111 cm³/mol. The van der Waals surface area contributed by atoms with Crippen LogP contribution in [0.4, 0.5) is 11.5 Å². The van der Waals surface area contributed by atoms with Crippen LogP contribution in [0.2, 0.25) is 0 Å². The molecule has 146 valence electrons. The number of benzene rings is 2. The highest BCUT2D eigenvalue weighted by atomic mass is 79.9. The van der Waals surface area contributed by atoms with Crippen molar-refractivity contribution in [1.82, 2.24) is 0 Å². The highest BCUT2D eigenvalue weighted by molar-refractivity contribution is 9.10. The zero-order valence-corrected chi connectivity index (χ0v) is 17.1. The molecule has 2 aliphatic rings. The van der Waals surface area contributed by atoms with E-state index in [2.05, 4.69) is 38.4 Å². The number of nitrogen functional groups attached to an aromatic ring is 1. The molecule has 0 fully saturated rings. The number of nitrogens with two attached hydrogens (primary N) is 1. The summed E-state index contributed by atoms with van der Waals surface area (Å²) in [5, 5.41) is 34.8. The number of fused-ring (bicyclic) bond motifs is 2. The zero-order valence-electron chi connectivity index (χ0n) is 15.5. The first kappa shape index (κ1) is 18.4. The average molecular weight is 461 g/mol. The molecule has 0 radical (unpaired) electrons. The number of H-pyrrole nitrogens is 1. The molecule has 3 aromatic rings. The molecule has 30 heavy (non-hydrogen) atoms. The number of hydrogen-bond donors (Lipinski definition) is 3. The molecule has 0 bridgehead atoms. The normalized spacial score (nSPS) is 23.1. The molecule has 0 aliphatic carbocycles. The first-order valence-electron chi connectivity index (χ1n) is 9.19. The lowest BCUT2D eigenvalue weighted by Crippen LogP contribution is -2.50. The monoisotopic (exact) mass is 460 g/mol. The molecule has 1 aromatic heterocycles. The van der Waals surface area contributed by atoms with Crippen LogP contribution in [-0.2, 0) is 5.72 Å². The van der Waals surface area contributed by atoms with Crippen LogP contribution in [0.25, 0.3) is 0 Å². The van der Waals surface area contributed by atoms with Crippen LogP contribution in [0, 0.1) is 28.6 Å². The van der Waals surface area contributed by atoms with Gasteiger partial charge in [-0.05, 0) is 18.2 Å². The summed E-state index contributed by atoms with van der Waals surface area (Å²) in [6.45, 7) is 0. The average Bonchev–Trinajstić information content (AvgIpc) is 2.74. The molecule has 2 aromatic carbocycles. The molecule has 0 saturated carbocycles. The summed E-state index contributed by atoms with van der Waals surface area (Å²) in [4.78, 5) is 2.94. The summed E-state index contributed by atoms with van der Waals surface area (Å²) in [6.07, 6.45) is 0. The third kappa shape index (κ3) is 2.42. The molecule has 0 saturated heterocycles. The number of anilines is 2. The van der Waals surface area contributed by atoms with Gasteiger partial charge in [-0.3, -0.25) is 5.73 Å². The van der Waals surface area contributed by atoms with Crippen LogP contribution < -0.4 is 20.8 Å². The van der Waals surface area contributed by atoms with Crippen LogP contribution in [0.15, 0.2) is 53.0 Å². The Morgan fingerprint density at radius 2 is 1.97 bits per heavy atom. The van der Waals surface area contributed by atoms with Crippen molar-refractivity contribution in [3.63, 3.8) is 0 Å². The molecular weight excluding hydrogens is 446 g/mol. The minimum Gasteiger partial charge on any atom is -0.423 e. The van der Waals surface area contributed by atoms with Crippen molar-refractivity contribution in [2.75, 3.05) is 11.1 Å². The van der Waals surface area contributed by atoms with Gasteiger partial charge in [-0.2, -0.15) is 10.5 Å². The highest BCUT2D eigenvalue weighted by Gasteiger charge is 2.54. The number of aliphatic hydroxyl groups is 1. The number of nitrogens with one attached hydrogen (secondary N) is 2. The number of rotatable bonds is 1. The number of nitrogens with zero attached hydrogens (tertiary/aromatic N) is 2. The van der Waals surface area contributed by atoms with Gasteiger partial charge in [0.15, 0.2) is 11.3 Å². The van der Waals surface area contributed by atoms with Crippen LogP contribution in [-0.4, -0.2) is 5.11 Å². The Kier molecular flexibility index (Phi) is 3.97. The molecule has 8 heteroatoms. The van der Waals surface area contributed by atoms with E-state index in [1.807, 2.05) is 18.2 Å². The van der Waals surface area contributed by atoms with E-state index >= 15 is 0 Å². The number of aromatic nitrogens is 1. The van der Waals surface area contributed by atoms with Crippen molar-refractivity contribution in [3.8, 4) is 23.8 Å². The van der Waals surface area contributed by atoms with Crippen molar-refractivity contribution in [2.45, 2.75) is 11.6 Å². The van der Waals surface area contributed by atoms with Crippen molar-refractivity contribution in [3.05, 3.63) is 75.3 Å². The maximum atomic E-state index is 11.8. The van der Waals surface area contributed by atoms with Gasteiger partial charge in [0.05, 0.1) is 17.3 Å². The maximum Gasteiger partial charge on any atom is 0.293 e. The van der Waals surface area contributed by atoms with E-state index in [-0.39, 0.29) is 11.4 Å². The summed E-state index contributed by atoms with van der Waals surface area (Å²) < 4.78 is 6.84. The second-order valence-electron chi connectivity index (χ2n) is 7.27. The van der Waals surface area contributed by atoms with Crippen molar-refractivity contribution < 1.29 is 14.8 Å². The van der Waals surface area contributed by atoms with E-state index in [0.717, 1.165) is 10.0 Å². The van der Waals surface area contributed by atoms with Crippen LogP contribution >= 0.6 is 15.9 Å². The third-order valence-electron chi connectivity index (χ3n) is 5.68. The number of hydrogen-bond acceptors (Lipinski definition) is 6. The van der Waals surface area contributed by atoms with Gasteiger partial charge in [-0.15, -0.1) is 0 Å². The quantitative estimate of drug-likeness (QED) is 0.510. The number of pyridine rings is 1. The van der Waals surface area contributed by atoms with Crippen molar-refractivity contribution in [1.29, 1.82) is 10.5 Å². The van der Waals surface area contributed by atoms with Crippen LogP contribution in [0.3, 0.4) is 0 Å². The van der Waals surface area contributed by atoms with Gasteiger partial charge in [0, 0.05) is 21.5 Å². The first-order valence-corrected chi connectivity index (χ1v) is 9.99. The highest BCUT2D eigenvalue weighted by Crippen LogP contribution is 2.57. The van der Waals surface area contributed by atoms with E-state index < -0.39 is 17.6 Å². The summed E-state index contributed by atoms with van der Waals surface area (Å²) in [7, 11) is 0. The van der Waals surface area contributed by atoms with Gasteiger partial charge in [0.25, 0.3) is 11.7 Å². The van der Waals surface area contributed by atoms with E-state index in [4.69, 9.17) is 10.5 Å². The van der Waals surface area contributed by atoms with Gasteiger partial charge < -0.3 is 15.2 Å². The van der Waals surface area contributed by atoms with Crippen molar-refractivity contribution in [2.24, 2.45) is 5.92 Å². The minimum atomic E-state index is -1.75.